The van der Waals surface area contributed by atoms with Gasteiger partial charge in [0.2, 0.25) is 0 Å². The summed E-state index contributed by atoms with van der Waals surface area (Å²) in [5.74, 6) is 0. The molecule has 0 spiro atoms. The molecule has 0 aliphatic carbocycles. The van der Waals surface area contributed by atoms with Crippen molar-refractivity contribution in [3.8, 4) is 0 Å². The number of ether oxygens (including phenoxy) is 1. The normalized spacial score (nSPS) is 17.7. The third-order valence-electron chi connectivity index (χ3n) is 1.96. The van der Waals surface area contributed by atoms with Gasteiger partial charge in [0, 0.05) is 20.0 Å². The number of carbonyl (C=O) groups excluding carboxylic acids is 1. The predicted octanol–water partition coefficient (Wildman–Crippen LogP) is 2.39. The van der Waals surface area contributed by atoms with E-state index in [0.29, 0.717) is 26.4 Å². The van der Waals surface area contributed by atoms with Crippen LogP contribution in [0.1, 0.15) is 20.3 Å². The minimum absolute atomic E-state index is 0.348. The molecular weight excluding hydrogens is 192 g/mol. The molecule has 0 aromatic heterocycles. The number of nitrogens with zero attached hydrogens (tertiary/aromatic N) is 1. The highest BCUT2D eigenvalue weighted by Gasteiger charge is 2.29. The van der Waals surface area contributed by atoms with Gasteiger partial charge in [0.25, 0.3) is 0 Å². The van der Waals surface area contributed by atoms with Crippen molar-refractivity contribution in [3.63, 3.8) is 0 Å². The van der Waals surface area contributed by atoms with E-state index in [1.165, 1.54) is 4.90 Å². The lowest BCUT2D eigenvalue weighted by molar-refractivity contribution is -0.188. The van der Waals surface area contributed by atoms with Crippen LogP contribution in [0, 0.1) is 0 Å². The lowest BCUT2D eigenvalue weighted by atomic mass is 10.1. The van der Waals surface area contributed by atoms with Crippen LogP contribution in [0.3, 0.4) is 0 Å². The minimum atomic E-state index is -3.40. The molecular formula is C9H13F2NO2. The molecule has 3 nitrogen and oxygen atoms in total. The first-order chi connectivity index (χ1) is 6.38. The van der Waals surface area contributed by atoms with Crippen molar-refractivity contribution < 1.29 is 18.3 Å². The summed E-state index contributed by atoms with van der Waals surface area (Å²) in [6.07, 6.45) is -1.81. The zero-order valence-corrected chi connectivity index (χ0v) is 8.22. The van der Waals surface area contributed by atoms with Gasteiger partial charge in [0.05, 0.1) is 0 Å². The zero-order chi connectivity index (χ0) is 10.8. The first-order valence-corrected chi connectivity index (χ1v) is 4.40. The summed E-state index contributed by atoms with van der Waals surface area (Å²) in [5, 5.41) is 0. The Bertz CT molecular complexity index is 258. The van der Waals surface area contributed by atoms with E-state index in [9.17, 15) is 13.6 Å². The van der Waals surface area contributed by atoms with E-state index in [4.69, 9.17) is 0 Å². The van der Waals surface area contributed by atoms with E-state index < -0.39 is 12.2 Å². The molecule has 0 radical (unpaired) electrons. The Morgan fingerprint density at radius 2 is 2.29 bits per heavy atom. The largest absolute Gasteiger partial charge is 0.414 e. The Hall–Kier alpha value is -1.13. The molecule has 1 aliphatic heterocycles. The lowest BCUT2D eigenvalue weighted by Crippen LogP contribution is -2.38. The lowest BCUT2D eigenvalue weighted by Gasteiger charge is -2.25. The monoisotopic (exact) mass is 205 g/mol. The van der Waals surface area contributed by atoms with Gasteiger partial charge in [-0.25, -0.2) is 4.79 Å². The van der Waals surface area contributed by atoms with Crippen LogP contribution in [-0.4, -0.2) is 30.2 Å². The van der Waals surface area contributed by atoms with Gasteiger partial charge in [-0.3, -0.25) is 0 Å². The number of amides is 1. The first kappa shape index (κ1) is 10.9. The van der Waals surface area contributed by atoms with Crippen molar-refractivity contribution in [2.75, 3.05) is 13.1 Å². The summed E-state index contributed by atoms with van der Waals surface area (Å²) in [6.45, 7) is 3.28. The Kier molecular flexibility index (Phi) is 3.08. The highest BCUT2D eigenvalue weighted by molar-refractivity contribution is 5.68. The van der Waals surface area contributed by atoms with Gasteiger partial charge in [-0.15, -0.1) is 0 Å². The maximum Gasteiger partial charge on any atom is 0.414 e. The molecule has 0 N–H and O–H groups in total. The van der Waals surface area contributed by atoms with E-state index in [0.717, 1.165) is 5.57 Å². The highest BCUT2D eigenvalue weighted by Crippen LogP contribution is 2.17. The smallest absolute Gasteiger partial charge is 0.384 e. The predicted molar refractivity (Wildman–Crippen MR) is 47.0 cm³/mol. The molecule has 0 saturated heterocycles. The second-order valence-corrected chi connectivity index (χ2v) is 3.42. The van der Waals surface area contributed by atoms with Gasteiger partial charge >= 0.3 is 12.2 Å². The van der Waals surface area contributed by atoms with Crippen molar-refractivity contribution in [2.45, 2.75) is 26.4 Å². The van der Waals surface area contributed by atoms with Crippen molar-refractivity contribution in [1.29, 1.82) is 0 Å². The number of alkyl halides is 2. The second kappa shape index (κ2) is 3.94. The quantitative estimate of drug-likeness (QED) is 0.615. The van der Waals surface area contributed by atoms with Gasteiger partial charge in [0.1, 0.15) is 0 Å². The summed E-state index contributed by atoms with van der Waals surface area (Å²) in [7, 11) is 0. The van der Waals surface area contributed by atoms with Crippen LogP contribution in [-0.2, 0) is 4.74 Å². The van der Waals surface area contributed by atoms with Crippen LogP contribution in [0.2, 0.25) is 0 Å². The topological polar surface area (TPSA) is 29.5 Å². The van der Waals surface area contributed by atoms with Crippen molar-refractivity contribution in [2.24, 2.45) is 0 Å². The second-order valence-electron chi connectivity index (χ2n) is 3.42. The van der Waals surface area contributed by atoms with E-state index >= 15 is 0 Å². The third-order valence-corrected chi connectivity index (χ3v) is 1.96. The van der Waals surface area contributed by atoms with Crippen LogP contribution in [0.5, 0.6) is 0 Å². The Labute approximate surface area is 81.3 Å². The van der Waals surface area contributed by atoms with E-state index in [2.05, 4.69) is 4.74 Å². The van der Waals surface area contributed by atoms with Crippen LogP contribution in [0.15, 0.2) is 11.6 Å². The fraction of sp³-hybridized carbons (Fsp3) is 0.667. The van der Waals surface area contributed by atoms with Crippen molar-refractivity contribution >= 4 is 6.09 Å². The Morgan fingerprint density at radius 3 is 2.71 bits per heavy atom. The number of halogens is 2. The maximum absolute atomic E-state index is 12.3. The van der Waals surface area contributed by atoms with Gasteiger partial charge in [-0.1, -0.05) is 11.6 Å². The fourth-order valence-corrected chi connectivity index (χ4v) is 1.15. The first-order valence-electron chi connectivity index (χ1n) is 4.40. The maximum atomic E-state index is 12.3. The molecule has 1 heterocycles. The molecule has 1 aliphatic rings. The number of hydrogen-bond acceptors (Lipinski definition) is 2. The average Bonchev–Trinajstić information content (AvgIpc) is 2.02. The number of hydrogen-bond donors (Lipinski definition) is 0. The molecule has 0 bridgehead atoms. The minimum Gasteiger partial charge on any atom is -0.384 e. The molecule has 5 heteroatoms. The molecule has 0 atom stereocenters. The van der Waals surface area contributed by atoms with E-state index in [1.807, 2.05) is 13.0 Å². The summed E-state index contributed by atoms with van der Waals surface area (Å²) in [6, 6.07) is 0. The molecule has 0 saturated carbocycles. The highest BCUT2D eigenvalue weighted by atomic mass is 19.3. The third kappa shape index (κ3) is 3.32. The fourth-order valence-electron chi connectivity index (χ4n) is 1.15. The Balaban J connectivity index is 2.47. The summed E-state index contributed by atoms with van der Waals surface area (Å²) < 4.78 is 28.6. The Morgan fingerprint density at radius 1 is 1.64 bits per heavy atom. The van der Waals surface area contributed by atoms with Crippen LogP contribution in [0.4, 0.5) is 13.6 Å². The molecule has 0 aromatic carbocycles. The average molecular weight is 205 g/mol. The SMILES string of the molecule is CC1=CCN(C(=O)OC(C)(F)F)CC1. The van der Waals surface area contributed by atoms with Crippen molar-refractivity contribution in [1.82, 2.24) is 4.90 Å². The van der Waals surface area contributed by atoms with Gasteiger partial charge in [0.15, 0.2) is 0 Å². The van der Waals surface area contributed by atoms with E-state index in [1.54, 1.807) is 0 Å². The summed E-state index contributed by atoms with van der Waals surface area (Å²) in [5.41, 5.74) is 1.16. The molecule has 14 heavy (non-hydrogen) atoms. The zero-order valence-electron chi connectivity index (χ0n) is 8.22. The number of rotatable bonds is 1. The molecule has 1 rings (SSSR count). The molecule has 0 aromatic rings. The molecule has 0 unspecified atom stereocenters. The van der Waals surface area contributed by atoms with Gasteiger partial charge in [-0.05, 0) is 13.3 Å². The van der Waals surface area contributed by atoms with Crippen LogP contribution < -0.4 is 0 Å². The van der Waals surface area contributed by atoms with Crippen LogP contribution >= 0.6 is 0 Å². The van der Waals surface area contributed by atoms with Crippen LogP contribution in [0.25, 0.3) is 0 Å². The van der Waals surface area contributed by atoms with Gasteiger partial charge < -0.3 is 9.64 Å². The summed E-state index contributed by atoms with van der Waals surface area (Å²) in [4.78, 5) is 12.4. The van der Waals surface area contributed by atoms with Crippen molar-refractivity contribution in [3.05, 3.63) is 11.6 Å². The van der Waals surface area contributed by atoms with Gasteiger partial charge in [-0.2, -0.15) is 8.78 Å². The van der Waals surface area contributed by atoms with E-state index in [-0.39, 0.29) is 0 Å². The number of carbonyl (C=O) groups is 1. The molecule has 80 valence electrons. The molecule has 0 fully saturated rings. The summed E-state index contributed by atoms with van der Waals surface area (Å²) >= 11 is 0. The molecule has 1 amide bonds. The standard InChI is InChI=1S/C9H13F2NO2/c1-7-3-5-12(6-4-7)8(13)14-9(2,10)11/h3H,4-6H2,1-2H3.